The molecule has 4 N–H and O–H groups in total. The van der Waals surface area contributed by atoms with Crippen LogP contribution in [0.4, 0.5) is 11.5 Å². The van der Waals surface area contributed by atoms with Crippen LogP contribution in [0.5, 0.6) is 0 Å². The number of H-pyrrole nitrogens is 1. The summed E-state index contributed by atoms with van der Waals surface area (Å²) in [5.41, 5.74) is 0.757. The summed E-state index contributed by atoms with van der Waals surface area (Å²) in [7, 11) is 0. The van der Waals surface area contributed by atoms with Gasteiger partial charge in [-0.1, -0.05) is 77.5 Å². The van der Waals surface area contributed by atoms with E-state index in [1.165, 1.54) is 0 Å². The second kappa shape index (κ2) is 9.05. The first-order chi connectivity index (χ1) is 15.5. The van der Waals surface area contributed by atoms with Gasteiger partial charge in [-0.2, -0.15) is 0 Å². The number of nitrogens with zero attached hydrogens (tertiary/aromatic N) is 1. The molecule has 0 saturated carbocycles. The van der Waals surface area contributed by atoms with Gasteiger partial charge in [0.2, 0.25) is 0 Å². The van der Waals surface area contributed by atoms with E-state index in [9.17, 15) is 19.6 Å². The van der Waals surface area contributed by atoms with E-state index in [4.69, 9.17) is 0 Å². The monoisotopic (exact) mass is 428 g/mol. The highest BCUT2D eigenvalue weighted by molar-refractivity contribution is 6.07. The second-order valence-corrected chi connectivity index (χ2v) is 7.03. The summed E-state index contributed by atoms with van der Waals surface area (Å²) in [6.07, 6.45) is 0. The Morgan fingerprint density at radius 2 is 1.44 bits per heavy atom. The Hall–Kier alpha value is -4.59. The van der Waals surface area contributed by atoms with Crippen LogP contribution >= 0.6 is 0 Å². The van der Waals surface area contributed by atoms with Crippen LogP contribution in [-0.2, 0) is 6.54 Å². The number of amides is 1. The van der Waals surface area contributed by atoms with Gasteiger partial charge in [0, 0.05) is 12.2 Å². The van der Waals surface area contributed by atoms with Gasteiger partial charge in [-0.25, -0.2) is 4.79 Å². The average Bonchev–Trinajstić information content (AvgIpc) is 2.83. The molecule has 0 unspecified atom stereocenters. The Morgan fingerprint density at radius 3 is 2.09 bits per heavy atom. The lowest BCUT2D eigenvalue weighted by Crippen LogP contribution is -2.39. The first kappa shape index (κ1) is 20.7. The van der Waals surface area contributed by atoms with Gasteiger partial charge in [-0.05, 0) is 28.8 Å². The first-order valence-corrected chi connectivity index (χ1v) is 9.86. The molecule has 1 heterocycles. The molecule has 8 nitrogen and oxygen atoms in total. The predicted molar refractivity (Wildman–Crippen MR) is 122 cm³/mol. The SMILES string of the molecule is O=C(Nc1ccc(-c2ccccc2)cc1)c1c(NCc2ccccc2)[nH]c(=O)n(O)c1=O. The quantitative estimate of drug-likeness (QED) is 0.352. The molecule has 1 aromatic heterocycles. The molecule has 1 amide bonds. The standard InChI is InChI=1S/C24H20N4O4/c29-22(26-19-13-11-18(12-14-19)17-9-5-2-6-10-17)20-21(27-24(31)28(32)23(20)30)25-15-16-7-3-1-4-8-16/h1-14,25,32H,15H2,(H,26,29)(H,27,31). The summed E-state index contributed by atoms with van der Waals surface area (Å²) in [5.74, 6) is -0.843. The molecule has 0 fully saturated rings. The molecule has 0 atom stereocenters. The number of carbonyl (C=O) groups is 1. The fourth-order valence-corrected chi connectivity index (χ4v) is 3.23. The highest BCUT2D eigenvalue weighted by atomic mass is 16.5. The number of hydrogen-bond acceptors (Lipinski definition) is 5. The fourth-order valence-electron chi connectivity index (χ4n) is 3.23. The van der Waals surface area contributed by atoms with Gasteiger partial charge in [-0.3, -0.25) is 14.6 Å². The normalized spacial score (nSPS) is 10.5. The Balaban J connectivity index is 1.59. The van der Waals surface area contributed by atoms with Crippen molar-refractivity contribution in [2.45, 2.75) is 6.54 Å². The first-order valence-electron chi connectivity index (χ1n) is 9.86. The molecule has 0 spiro atoms. The lowest BCUT2D eigenvalue weighted by atomic mass is 10.1. The average molecular weight is 428 g/mol. The van der Waals surface area contributed by atoms with Crippen LogP contribution < -0.4 is 21.9 Å². The highest BCUT2D eigenvalue weighted by Gasteiger charge is 2.21. The third kappa shape index (κ3) is 4.44. The summed E-state index contributed by atoms with van der Waals surface area (Å²) in [5, 5.41) is 15.3. The highest BCUT2D eigenvalue weighted by Crippen LogP contribution is 2.21. The van der Waals surface area contributed by atoms with Crippen molar-refractivity contribution in [2.24, 2.45) is 0 Å². The molecule has 8 heteroatoms. The van der Waals surface area contributed by atoms with E-state index < -0.39 is 22.7 Å². The van der Waals surface area contributed by atoms with E-state index in [1.54, 1.807) is 12.1 Å². The Bertz CT molecular complexity index is 1350. The van der Waals surface area contributed by atoms with E-state index in [2.05, 4.69) is 15.6 Å². The van der Waals surface area contributed by atoms with E-state index >= 15 is 0 Å². The van der Waals surface area contributed by atoms with Gasteiger partial charge in [0.05, 0.1) is 0 Å². The van der Waals surface area contributed by atoms with Crippen LogP contribution in [0.15, 0.2) is 94.5 Å². The second-order valence-electron chi connectivity index (χ2n) is 7.03. The summed E-state index contributed by atoms with van der Waals surface area (Å²) in [6, 6.07) is 26.1. The van der Waals surface area contributed by atoms with Crippen molar-refractivity contribution in [3.63, 3.8) is 0 Å². The Kier molecular flexibility index (Phi) is 5.85. The molecular formula is C24H20N4O4. The van der Waals surface area contributed by atoms with Crippen molar-refractivity contribution < 1.29 is 10.0 Å². The minimum Gasteiger partial charge on any atom is -0.421 e. The molecular weight excluding hydrogens is 408 g/mol. The van der Waals surface area contributed by atoms with E-state index in [0.29, 0.717) is 5.69 Å². The summed E-state index contributed by atoms with van der Waals surface area (Å²) < 4.78 is -0.124. The Labute approximate surface area is 182 Å². The molecule has 0 aliphatic carbocycles. The van der Waals surface area contributed by atoms with Crippen LogP contribution in [-0.4, -0.2) is 20.8 Å². The topological polar surface area (TPSA) is 116 Å². The van der Waals surface area contributed by atoms with E-state index in [0.717, 1.165) is 16.7 Å². The van der Waals surface area contributed by atoms with Gasteiger partial charge < -0.3 is 15.8 Å². The predicted octanol–water partition coefficient (Wildman–Crippen LogP) is 3.31. The lowest BCUT2D eigenvalue weighted by Gasteiger charge is -2.12. The molecule has 4 rings (SSSR count). The van der Waals surface area contributed by atoms with Crippen LogP contribution in [0.2, 0.25) is 0 Å². The largest absolute Gasteiger partial charge is 0.421 e. The molecule has 3 aromatic carbocycles. The van der Waals surface area contributed by atoms with Crippen LogP contribution in [0.3, 0.4) is 0 Å². The minimum atomic E-state index is -1.12. The number of aromatic nitrogens is 2. The lowest BCUT2D eigenvalue weighted by molar-refractivity contribution is 0.101. The van der Waals surface area contributed by atoms with Crippen molar-refractivity contribution in [1.82, 2.24) is 9.71 Å². The zero-order valence-electron chi connectivity index (χ0n) is 16.9. The van der Waals surface area contributed by atoms with Crippen molar-refractivity contribution in [2.75, 3.05) is 10.6 Å². The maximum absolute atomic E-state index is 12.9. The van der Waals surface area contributed by atoms with E-state index in [-0.39, 0.29) is 17.1 Å². The molecule has 0 aliphatic rings. The summed E-state index contributed by atoms with van der Waals surface area (Å²) in [6.45, 7) is 0.262. The van der Waals surface area contributed by atoms with Crippen molar-refractivity contribution in [3.05, 3.63) is 117 Å². The minimum absolute atomic E-state index is 0.0763. The maximum atomic E-state index is 12.9. The molecule has 160 valence electrons. The van der Waals surface area contributed by atoms with Crippen molar-refractivity contribution in [3.8, 4) is 11.1 Å². The summed E-state index contributed by atoms with van der Waals surface area (Å²) >= 11 is 0. The number of rotatable bonds is 6. The summed E-state index contributed by atoms with van der Waals surface area (Å²) in [4.78, 5) is 39.6. The third-order valence-electron chi connectivity index (χ3n) is 4.87. The molecule has 0 saturated heterocycles. The smallest absolute Gasteiger partial charge is 0.363 e. The number of anilines is 2. The van der Waals surface area contributed by atoms with Crippen molar-refractivity contribution >= 4 is 17.4 Å². The van der Waals surface area contributed by atoms with E-state index in [1.807, 2.05) is 72.8 Å². The van der Waals surface area contributed by atoms with Crippen LogP contribution in [0, 0.1) is 0 Å². The fraction of sp³-hybridized carbons (Fsp3) is 0.0417. The number of benzene rings is 3. The third-order valence-corrected chi connectivity index (χ3v) is 4.87. The number of aromatic amines is 1. The van der Waals surface area contributed by atoms with Gasteiger partial charge >= 0.3 is 11.2 Å². The number of carbonyl (C=O) groups excluding carboxylic acids is 1. The van der Waals surface area contributed by atoms with Gasteiger partial charge in [-0.15, -0.1) is 0 Å². The van der Waals surface area contributed by atoms with Gasteiger partial charge in [0.25, 0.3) is 5.91 Å². The molecule has 0 radical (unpaired) electrons. The zero-order chi connectivity index (χ0) is 22.5. The molecule has 32 heavy (non-hydrogen) atoms. The molecule has 4 aromatic rings. The number of nitrogens with one attached hydrogen (secondary N) is 3. The number of hydrogen-bond donors (Lipinski definition) is 4. The van der Waals surface area contributed by atoms with Crippen LogP contribution in [0.25, 0.3) is 11.1 Å². The zero-order valence-corrected chi connectivity index (χ0v) is 16.9. The maximum Gasteiger partial charge on any atom is 0.363 e. The molecule has 0 aliphatic heterocycles. The Morgan fingerprint density at radius 1 is 0.844 bits per heavy atom. The van der Waals surface area contributed by atoms with Crippen molar-refractivity contribution in [1.29, 1.82) is 0 Å². The van der Waals surface area contributed by atoms with Gasteiger partial charge in [0.15, 0.2) is 0 Å². The van der Waals surface area contributed by atoms with Crippen LogP contribution in [0.1, 0.15) is 15.9 Å². The molecule has 0 bridgehead atoms. The van der Waals surface area contributed by atoms with Gasteiger partial charge in [0.1, 0.15) is 11.4 Å².